The summed E-state index contributed by atoms with van der Waals surface area (Å²) >= 11 is 6.01. The number of nitrogens with zero attached hydrogens (tertiary/aromatic N) is 1. The molecule has 1 amide bonds. The maximum absolute atomic E-state index is 12.0. The smallest absolute Gasteiger partial charge is 0.299 e. The Hall–Kier alpha value is -1.35. The summed E-state index contributed by atoms with van der Waals surface area (Å²) in [5.74, 6) is -0.370. The minimum absolute atomic E-state index is 0.375. The quantitative estimate of drug-likeness (QED) is 0.769. The molecule has 0 unspecified atom stereocenters. The number of anilines is 1. The highest BCUT2D eigenvalue weighted by molar-refractivity contribution is 6.55. The van der Waals surface area contributed by atoms with Crippen LogP contribution in [0.4, 0.5) is 5.69 Å². The summed E-state index contributed by atoms with van der Waals surface area (Å²) in [5, 5.41) is 0.375. The number of carbonyl (C=O) groups excluding carboxylic acids is 2. The van der Waals surface area contributed by atoms with Crippen LogP contribution in [0.25, 0.3) is 0 Å². The lowest BCUT2D eigenvalue weighted by Crippen LogP contribution is -2.33. The van der Waals surface area contributed by atoms with Crippen LogP contribution in [0.2, 0.25) is 5.02 Å². The minimum Gasteiger partial charge on any atom is -0.304 e. The number of hydrogen-bond acceptors (Lipinski definition) is 2. The normalized spacial score (nSPS) is 19.7. The van der Waals surface area contributed by atoms with Crippen LogP contribution in [0.1, 0.15) is 36.0 Å². The van der Waals surface area contributed by atoms with Crippen molar-refractivity contribution in [1.29, 1.82) is 0 Å². The number of amides is 1. The molecule has 1 aromatic rings. The summed E-state index contributed by atoms with van der Waals surface area (Å²) in [7, 11) is 0. The first-order valence-electron chi connectivity index (χ1n) is 6.33. The molecule has 0 N–H and O–H groups in total. The highest BCUT2D eigenvalue weighted by Gasteiger charge is 2.38. The highest BCUT2D eigenvalue weighted by Crippen LogP contribution is 2.36. The van der Waals surface area contributed by atoms with Crippen molar-refractivity contribution in [3.63, 3.8) is 0 Å². The van der Waals surface area contributed by atoms with Gasteiger partial charge in [0.25, 0.3) is 11.7 Å². The van der Waals surface area contributed by atoms with E-state index < -0.39 is 11.7 Å². The van der Waals surface area contributed by atoms with Gasteiger partial charge in [0.2, 0.25) is 0 Å². The van der Waals surface area contributed by atoms with Gasteiger partial charge in [-0.05, 0) is 30.9 Å². The van der Waals surface area contributed by atoms with E-state index in [0.717, 1.165) is 12.8 Å². The summed E-state index contributed by atoms with van der Waals surface area (Å²) in [4.78, 5) is 25.6. The lowest BCUT2D eigenvalue weighted by molar-refractivity contribution is -0.114. The van der Waals surface area contributed by atoms with E-state index >= 15 is 0 Å². The van der Waals surface area contributed by atoms with Crippen molar-refractivity contribution in [3.8, 4) is 0 Å². The summed E-state index contributed by atoms with van der Waals surface area (Å²) in [6.07, 6.45) is 4.74. The van der Waals surface area contributed by atoms with Gasteiger partial charge >= 0.3 is 0 Å². The van der Waals surface area contributed by atoms with Crippen LogP contribution in [0, 0.1) is 5.92 Å². The SMILES string of the molecule is O=C1C(=O)N(CC2CCCC2)c2cccc(Cl)c21. The molecule has 18 heavy (non-hydrogen) atoms. The zero-order valence-corrected chi connectivity index (χ0v) is 10.7. The number of ketones is 1. The number of hydrogen-bond donors (Lipinski definition) is 0. The van der Waals surface area contributed by atoms with Gasteiger partial charge in [0.15, 0.2) is 0 Å². The van der Waals surface area contributed by atoms with Gasteiger partial charge in [-0.15, -0.1) is 0 Å². The van der Waals surface area contributed by atoms with E-state index in [0.29, 0.717) is 28.7 Å². The number of halogens is 1. The first-order valence-corrected chi connectivity index (χ1v) is 6.71. The van der Waals surface area contributed by atoms with Crippen molar-refractivity contribution in [2.24, 2.45) is 5.92 Å². The van der Waals surface area contributed by atoms with Crippen LogP contribution in [-0.2, 0) is 4.79 Å². The van der Waals surface area contributed by atoms with Crippen LogP contribution in [-0.4, -0.2) is 18.2 Å². The first-order chi connectivity index (χ1) is 8.68. The lowest BCUT2D eigenvalue weighted by atomic mass is 10.1. The third kappa shape index (κ3) is 1.74. The van der Waals surface area contributed by atoms with Crippen LogP contribution >= 0.6 is 11.6 Å². The van der Waals surface area contributed by atoms with E-state index in [4.69, 9.17) is 11.6 Å². The van der Waals surface area contributed by atoms with Crippen molar-refractivity contribution in [2.75, 3.05) is 11.4 Å². The van der Waals surface area contributed by atoms with E-state index in [2.05, 4.69) is 0 Å². The molecule has 1 aromatic carbocycles. The number of benzene rings is 1. The molecular formula is C14H14ClNO2. The molecule has 1 aliphatic carbocycles. The molecule has 94 valence electrons. The van der Waals surface area contributed by atoms with E-state index in [-0.39, 0.29) is 0 Å². The summed E-state index contributed by atoms with van der Waals surface area (Å²) in [6, 6.07) is 5.25. The third-order valence-electron chi connectivity index (χ3n) is 3.86. The minimum atomic E-state index is -0.464. The molecule has 1 saturated carbocycles. The molecule has 0 saturated heterocycles. The maximum Gasteiger partial charge on any atom is 0.299 e. The molecule has 2 aliphatic rings. The molecule has 0 atom stereocenters. The molecule has 3 rings (SSSR count). The second kappa shape index (κ2) is 4.39. The van der Waals surface area contributed by atoms with Gasteiger partial charge < -0.3 is 4.90 Å². The molecule has 1 heterocycles. The lowest BCUT2D eigenvalue weighted by Gasteiger charge is -2.20. The predicted octanol–water partition coefficient (Wildman–Crippen LogP) is 3.06. The van der Waals surface area contributed by atoms with Crippen LogP contribution < -0.4 is 4.90 Å². The summed E-state index contributed by atoms with van der Waals surface area (Å²) in [6.45, 7) is 0.651. The Bertz CT molecular complexity index is 521. The van der Waals surface area contributed by atoms with Crippen LogP contribution in [0.15, 0.2) is 18.2 Å². The Morgan fingerprint density at radius 1 is 1.22 bits per heavy atom. The van der Waals surface area contributed by atoms with Gasteiger partial charge in [-0.3, -0.25) is 9.59 Å². The van der Waals surface area contributed by atoms with Gasteiger partial charge in [-0.25, -0.2) is 0 Å². The average Bonchev–Trinajstić information content (AvgIpc) is 2.94. The highest BCUT2D eigenvalue weighted by atomic mass is 35.5. The van der Waals surface area contributed by atoms with Gasteiger partial charge in [0.05, 0.1) is 16.3 Å². The van der Waals surface area contributed by atoms with Crippen LogP contribution in [0.3, 0.4) is 0 Å². The molecule has 1 aliphatic heterocycles. The average molecular weight is 264 g/mol. The summed E-state index contributed by atoms with van der Waals surface area (Å²) in [5.41, 5.74) is 1.06. The number of rotatable bonds is 2. The third-order valence-corrected chi connectivity index (χ3v) is 4.18. The van der Waals surface area contributed by atoms with E-state index in [9.17, 15) is 9.59 Å². The molecular weight excluding hydrogens is 250 g/mol. The van der Waals surface area contributed by atoms with Crippen molar-refractivity contribution in [2.45, 2.75) is 25.7 Å². The Morgan fingerprint density at radius 3 is 2.67 bits per heavy atom. The van der Waals surface area contributed by atoms with Crippen LogP contribution in [0.5, 0.6) is 0 Å². The second-order valence-electron chi connectivity index (χ2n) is 5.03. The molecule has 1 fully saturated rings. The molecule has 3 nitrogen and oxygen atoms in total. The first kappa shape index (κ1) is 11.7. The molecule has 0 aromatic heterocycles. The topological polar surface area (TPSA) is 37.4 Å². The number of fused-ring (bicyclic) bond motifs is 1. The Labute approximate surface area is 111 Å². The zero-order chi connectivity index (χ0) is 12.7. The van der Waals surface area contributed by atoms with Gasteiger partial charge in [0, 0.05) is 6.54 Å². The van der Waals surface area contributed by atoms with Crippen molar-refractivity contribution in [1.82, 2.24) is 0 Å². The number of Topliss-reactive ketones (excluding diaryl/α,β-unsaturated/α-hetero) is 1. The second-order valence-corrected chi connectivity index (χ2v) is 5.44. The molecule has 0 radical (unpaired) electrons. The van der Waals surface area contributed by atoms with Gasteiger partial charge in [-0.2, -0.15) is 0 Å². The van der Waals surface area contributed by atoms with Crippen molar-refractivity contribution < 1.29 is 9.59 Å². The molecule has 0 bridgehead atoms. The monoisotopic (exact) mass is 263 g/mol. The van der Waals surface area contributed by atoms with E-state index in [1.807, 2.05) is 0 Å². The van der Waals surface area contributed by atoms with Crippen molar-refractivity contribution in [3.05, 3.63) is 28.8 Å². The largest absolute Gasteiger partial charge is 0.304 e. The van der Waals surface area contributed by atoms with Gasteiger partial charge in [-0.1, -0.05) is 30.5 Å². The summed E-state index contributed by atoms with van der Waals surface area (Å²) < 4.78 is 0. The van der Waals surface area contributed by atoms with Gasteiger partial charge in [0.1, 0.15) is 0 Å². The Kier molecular flexibility index (Phi) is 2.86. The molecule has 4 heteroatoms. The van der Waals surface area contributed by atoms with E-state index in [1.165, 1.54) is 12.8 Å². The van der Waals surface area contributed by atoms with Crippen molar-refractivity contribution >= 4 is 29.0 Å². The fourth-order valence-electron chi connectivity index (χ4n) is 2.93. The maximum atomic E-state index is 12.0. The fraction of sp³-hybridized carbons (Fsp3) is 0.429. The Morgan fingerprint density at radius 2 is 1.94 bits per heavy atom. The zero-order valence-electron chi connectivity index (χ0n) is 9.99. The Balaban J connectivity index is 1.94. The standard InChI is InChI=1S/C14H14ClNO2/c15-10-6-3-7-11-12(10)13(17)14(18)16(11)8-9-4-1-2-5-9/h3,6-7,9H,1-2,4-5,8H2. The van der Waals surface area contributed by atoms with E-state index in [1.54, 1.807) is 23.1 Å². The fourth-order valence-corrected chi connectivity index (χ4v) is 3.19. The number of carbonyl (C=O) groups is 2. The predicted molar refractivity (Wildman–Crippen MR) is 70.1 cm³/mol. The molecule has 0 spiro atoms.